The molecule has 1 saturated heterocycles. The summed E-state index contributed by atoms with van der Waals surface area (Å²) in [6.07, 6.45) is 3.02. The average molecular weight is 357 g/mol. The van der Waals surface area contributed by atoms with E-state index in [4.69, 9.17) is 23.2 Å². The van der Waals surface area contributed by atoms with Crippen molar-refractivity contribution in [2.24, 2.45) is 11.8 Å². The normalized spacial score (nSPS) is 19.1. The molecule has 0 radical (unpaired) electrons. The van der Waals surface area contributed by atoms with Gasteiger partial charge in [-0.05, 0) is 43.9 Å². The lowest BCUT2D eigenvalue weighted by Gasteiger charge is -2.32. The third-order valence-corrected chi connectivity index (χ3v) is 5.05. The quantitative estimate of drug-likeness (QED) is 0.820. The Hall–Kier alpha value is -0.770. The summed E-state index contributed by atoms with van der Waals surface area (Å²) in [5.74, 6) is 0.860. The van der Waals surface area contributed by atoms with Crippen molar-refractivity contribution < 1.29 is 4.79 Å². The van der Waals surface area contributed by atoms with E-state index in [9.17, 15) is 4.79 Å². The van der Waals surface area contributed by atoms with Gasteiger partial charge >= 0.3 is 0 Å². The number of rotatable bonds is 6. The number of hydrogen-bond acceptors (Lipinski definition) is 2. The van der Waals surface area contributed by atoms with E-state index in [-0.39, 0.29) is 11.8 Å². The number of carbonyl (C=O) groups is 1. The van der Waals surface area contributed by atoms with Gasteiger partial charge in [0, 0.05) is 35.2 Å². The molecule has 2 rings (SSSR count). The first-order chi connectivity index (χ1) is 11.0. The van der Waals surface area contributed by atoms with Gasteiger partial charge in [0.05, 0.1) is 5.92 Å². The van der Waals surface area contributed by atoms with Crippen LogP contribution in [0.25, 0.3) is 0 Å². The van der Waals surface area contributed by atoms with Crippen LogP contribution in [0.1, 0.15) is 38.7 Å². The molecule has 3 nitrogen and oxygen atoms in total. The van der Waals surface area contributed by atoms with Crippen molar-refractivity contribution in [3.05, 3.63) is 33.8 Å². The number of amides is 1. The molecule has 1 aliphatic heterocycles. The van der Waals surface area contributed by atoms with Crippen molar-refractivity contribution in [1.82, 2.24) is 10.2 Å². The summed E-state index contributed by atoms with van der Waals surface area (Å²) in [7, 11) is 0. The molecule has 0 aromatic heterocycles. The van der Waals surface area contributed by atoms with Gasteiger partial charge in [-0.25, -0.2) is 0 Å². The predicted molar refractivity (Wildman–Crippen MR) is 96.9 cm³/mol. The zero-order valence-electron chi connectivity index (χ0n) is 13.9. The standard InChI is InChI=1S/C18H26Cl2N2O/c1-13(2)8-9-21-18(23)14-5-4-10-22(11-14)12-15-16(19)6-3-7-17(15)20/h3,6-7,13-14H,4-5,8-12H2,1-2H3,(H,21,23)/t14-/m0/s1. The highest BCUT2D eigenvalue weighted by atomic mass is 35.5. The summed E-state index contributed by atoms with van der Waals surface area (Å²) in [6, 6.07) is 5.58. The molecule has 1 fully saturated rings. The third kappa shape index (κ3) is 5.66. The van der Waals surface area contributed by atoms with Crippen molar-refractivity contribution in [2.45, 2.75) is 39.7 Å². The van der Waals surface area contributed by atoms with E-state index in [1.54, 1.807) is 0 Å². The third-order valence-electron chi connectivity index (χ3n) is 4.34. The molecule has 1 aromatic rings. The molecule has 1 heterocycles. The first-order valence-corrected chi connectivity index (χ1v) is 9.16. The summed E-state index contributed by atoms with van der Waals surface area (Å²) < 4.78 is 0. The summed E-state index contributed by atoms with van der Waals surface area (Å²) in [5.41, 5.74) is 0.955. The Morgan fingerprint density at radius 1 is 1.35 bits per heavy atom. The van der Waals surface area contributed by atoms with Crippen LogP contribution in [0.5, 0.6) is 0 Å². The van der Waals surface area contributed by atoms with Crippen LogP contribution in [0.2, 0.25) is 10.0 Å². The second kappa shape index (κ2) is 8.91. The molecule has 1 amide bonds. The summed E-state index contributed by atoms with van der Waals surface area (Å²) in [6.45, 7) is 7.56. The molecule has 1 aliphatic rings. The number of piperidine rings is 1. The Labute approximate surface area is 149 Å². The number of halogens is 2. The Balaban J connectivity index is 1.89. The molecule has 1 N–H and O–H groups in total. The smallest absolute Gasteiger partial charge is 0.224 e. The minimum Gasteiger partial charge on any atom is -0.356 e. The Kier molecular flexibility index (Phi) is 7.19. The molecule has 1 aromatic carbocycles. The minimum atomic E-state index is 0.0668. The van der Waals surface area contributed by atoms with Crippen LogP contribution < -0.4 is 5.32 Å². The molecular formula is C18H26Cl2N2O. The van der Waals surface area contributed by atoms with Crippen molar-refractivity contribution in [3.8, 4) is 0 Å². The zero-order valence-corrected chi connectivity index (χ0v) is 15.5. The highest BCUT2D eigenvalue weighted by molar-refractivity contribution is 6.35. The zero-order chi connectivity index (χ0) is 16.8. The van der Waals surface area contributed by atoms with Gasteiger partial charge in [-0.3, -0.25) is 9.69 Å². The summed E-state index contributed by atoms with van der Waals surface area (Å²) >= 11 is 12.5. The second-order valence-corrected chi connectivity index (χ2v) is 7.56. The maximum Gasteiger partial charge on any atom is 0.224 e. The van der Waals surface area contributed by atoms with Gasteiger partial charge in [0.25, 0.3) is 0 Å². The monoisotopic (exact) mass is 356 g/mol. The van der Waals surface area contributed by atoms with Crippen molar-refractivity contribution in [2.75, 3.05) is 19.6 Å². The second-order valence-electron chi connectivity index (χ2n) is 6.75. The van der Waals surface area contributed by atoms with Crippen LogP contribution >= 0.6 is 23.2 Å². The van der Waals surface area contributed by atoms with Gasteiger partial charge in [0.1, 0.15) is 0 Å². The Morgan fingerprint density at radius 3 is 2.70 bits per heavy atom. The number of likely N-dealkylation sites (tertiary alicyclic amines) is 1. The van der Waals surface area contributed by atoms with E-state index < -0.39 is 0 Å². The van der Waals surface area contributed by atoms with Gasteiger partial charge in [-0.15, -0.1) is 0 Å². The van der Waals surface area contributed by atoms with Crippen LogP contribution in [-0.4, -0.2) is 30.4 Å². The molecule has 0 unspecified atom stereocenters. The minimum absolute atomic E-state index is 0.0668. The number of carbonyl (C=O) groups excluding carboxylic acids is 1. The van der Waals surface area contributed by atoms with E-state index in [1.807, 2.05) is 18.2 Å². The largest absolute Gasteiger partial charge is 0.356 e. The van der Waals surface area contributed by atoms with Gasteiger partial charge in [-0.2, -0.15) is 0 Å². The van der Waals surface area contributed by atoms with E-state index >= 15 is 0 Å². The number of nitrogens with one attached hydrogen (secondary N) is 1. The SMILES string of the molecule is CC(C)CCNC(=O)[C@H]1CCCN(Cc2c(Cl)cccc2Cl)C1. The molecular weight excluding hydrogens is 331 g/mol. The fourth-order valence-electron chi connectivity index (χ4n) is 2.95. The molecule has 1 atom stereocenters. The van der Waals surface area contributed by atoms with Crippen LogP contribution in [0, 0.1) is 11.8 Å². The van der Waals surface area contributed by atoms with E-state index in [0.717, 1.165) is 44.5 Å². The van der Waals surface area contributed by atoms with Crippen LogP contribution in [0.4, 0.5) is 0 Å². The molecule has 128 valence electrons. The molecule has 0 saturated carbocycles. The van der Waals surface area contributed by atoms with Gasteiger partial charge in [-0.1, -0.05) is 43.1 Å². The van der Waals surface area contributed by atoms with E-state index in [2.05, 4.69) is 24.1 Å². The molecule has 5 heteroatoms. The predicted octanol–water partition coefficient (Wildman–Crippen LogP) is 4.37. The lowest BCUT2D eigenvalue weighted by molar-refractivity contribution is -0.126. The fraction of sp³-hybridized carbons (Fsp3) is 0.611. The van der Waals surface area contributed by atoms with Gasteiger partial charge < -0.3 is 5.32 Å². The summed E-state index contributed by atoms with van der Waals surface area (Å²) in [4.78, 5) is 14.6. The Bertz CT molecular complexity index is 514. The first-order valence-electron chi connectivity index (χ1n) is 8.40. The van der Waals surface area contributed by atoms with Crippen LogP contribution in [0.15, 0.2) is 18.2 Å². The molecule has 23 heavy (non-hydrogen) atoms. The maximum absolute atomic E-state index is 12.3. The van der Waals surface area contributed by atoms with Crippen LogP contribution in [-0.2, 0) is 11.3 Å². The number of benzene rings is 1. The topological polar surface area (TPSA) is 32.3 Å². The maximum atomic E-state index is 12.3. The summed E-state index contributed by atoms with van der Waals surface area (Å²) in [5, 5.41) is 4.46. The lowest BCUT2D eigenvalue weighted by atomic mass is 9.96. The molecule has 0 spiro atoms. The fourth-order valence-corrected chi connectivity index (χ4v) is 3.47. The Morgan fingerprint density at radius 2 is 2.04 bits per heavy atom. The van der Waals surface area contributed by atoms with Crippen molar-refractivity contribution >= 4 is 29.1 Å². The van der Waals surface area contributed by atoms with Gasteiger partial charge in [0.15, 0.2) is 0 Å². The molecule has 0 bridgehead atoms. The first kappa shape index (κ1) is 18.6. The lowest BCUT2D eigenvalue weighted by Crippen LogP contribution is -2.43. The van der Waals surface area contributed by atoms with Crippen molar-refractivity contribution in [3.63, 3.8) is 0 Å². The highest BCUT2D eigenvalue weighted by Crippen LogP contribution is 2.27. The molecule has 0 aliphatic carbocycles. The van der Waals surface area contributed by atoms with Crippen LogP contribution in [0.3, 0.4) is 0 Å². The number of nitrogens with zero attached hydrogens (tertiary/aromatic N) is 1. The highest BCUT2D eigenvalue weighted by Gasteiger charge is 2.26. The number of hydrogen-bond donors (Lipinski definition) is 1. The van der Waals surface area contributed by atoms with Gasteiger partial charge in [0.2, 0.25) is 5.91 Å². The average Bonchev–Trinajstić information content (AvgIpc) is 2.51. The van der Waals surface area contributed by atoms with E-state index in [0.29, 0.717) is 22.5 Å². The van der Waals surface area contributed by atoms with Crippen molar-refractivity contribution in [1.29, 1.82) is 0 Å². The van der Waals surface area contributed by atoms with E-state index in [1.165, 1.54) is 0 Å².